The van der Waals surface area contributed by atoms with E-state index in [9.17, 15) is 0 Å². The van der Waals surface area contributed by atoms with Gasteiger partial charge in [-0.1, -0.05) is 6.92 Å². The lowest BCUT2D eigenvalue weighted by molar-refractivity contribution is 0.181. The average molecular weight is 229 g/mol. The predicted molar refractivity (Wildman–Crippen MR) is 64.5 cm³/mol. The molecule has 0 amide bonds. The number of methoxy groups -OCH3 is 1. The van der Waals surface area contributed by atoms with Gasteiger partial charge in [-0.05, 0) is 6.54 Å². The number of nitrogens with zero attached hydrogens (tertiary/aromatic N) is 2. The lowest BCUT2D eigenvalue weighted by Crippen LogP contribution is -2.12. The monoisotopic (exact) mass is 229 g/mol. The summed E-state index contributed by atoms with van der Waals surface area (Å²) in [7, 11) is 5.71. The molecule has 5 heteroatoms. The molecule has 0 bridgehead atoms. The van der Waals surface area contributed by atoms with Gasteiger partial charge >= 0.3 is 0 Å². The molecule has 1 aromatic heterocycles. The molecule has 0 aliphatic rings. The molecule has 0 radical (unpaired) electrons. The molecule has 0 aliphatic carbocycles. The first-order valence-electron chi connectivity index (χ1n) is 5.04. The Labute approximate surface area is 95.3 Å². The van der Waals surface area contributed by atoms with Gasteiger partial charge in [0, 0.05) is 32.6 Å². The minimum atomic E-state index is 0.588. The second-order valence-electron chi connectivity index (χ2n) is 3.47. The molecule has 1 heterocycles. The first-order chi connectivity index (χ1) is 7.19. The minimum absolute atomic E-state index is 0.588. The smallest absolute Gasteiger partial charge is 0.185 e. The van der Waals surface area contributed by atoms with E-state index in [4.69, 9.17) is 4.74 Å². The molecule has 15 heavy (non-hydrogen) atoms. The van der Waals surface area contributed by atoms with E-state index in [-0.39, 0.29) is 0 Å². The van der Waals surface area contributed by atoms with Crippen molar-refractivity contribution >= 4 is 16.5 Å². The van der Waals surface area contributed by atoms with E-state index >= 15 is 0 Å². The van der Waals surface area contributed by atoms with Crippen molar-refractivity contribution in [2.75, 3.05) is 32.6 Å². The summed E-state index contributed by atoms with van der Waals surface area (Å²) >= 11 is 1.72. The Kier molecular flexibility index (Phi) is 5.01. The van der Waals surface area contributed by atoms with Crippen LogP contribution in [-0.4, -0.2) is 32.7 Å². The van der Waals surface area contributed by atoms with Crippen molar-refractivity contribution in [2.24, 2.45) is 0 Å². The molecule has 0 aliphatic heterocycles. The van der Waals surface area contributed by atoms with Gasteiger partial charge in [0.05, 0.1) is 12.3 Å². The molecule has 0 fully saturated rings. The van der Waals surface area contributed by atoms with E-state index in [1.54, 1.807) is 18.4 Å². The van der Waals surface area contributed by atoms with Gasteiger partial charge in [-0.25, -0.2) is 4.98 Å². The maximum absolute atomic E-state index is 5.14. The number of hydrogen-bond donors (Lipinski definition) is 1. The first-order valence-corrected chi connectivity index (χ1v) is 5.86. The normalized spacial score (nSPS) is 10.7. The summed E-state index contributed by atoms with van der Waals surface area (Å²) in [6.45, 7) is 4.54. The summed E-state index contributed by atoms with van der Waals surface area (Å²) in [6, 6.07) is 0. The third kappa shape index (κ3) is 3.44. The van der Waals surface area contributed by atoms with Gasteiger partial charge in [-0.2, -0.15) is 0 Å². The summed E-state index contributed by atoms with van der Waals surface area (Å²) in [5.41, 5.74) is 1.05. The molecular weight excluding hydrogens is 210 g/mol. The van der Waals surface area contributed by atoms with Crippen LogP contribution in [0, 0.1) is 0 Å². The van der Waals surface area contributed by atoms with Crippen LogP contribution in [0.25, 0.3) is 0 Å². The quantitative estimate of drug-likeness (QED) is 0.801. The molecular formula is C10H19N3OS. The van der Waals surface area contributed by atoms with Crippen molar-refractivity contribution in [3.63, 3.8) is 0 Å². The van der Waals surface area contributed by atoms with Gasteiger partial charge in [0.25, 0.3) is 0 Å². The van der Waals surface area contributed by atoms with Crippen LogP contribution in [0.4, 0.5) is 5.13 Å². The van der Waals surface area contributed by atoms with Crippen LogP contribution < -0.4 is 10.2 Å². The second-order valence-corrected chi connectivity index (χ2v) is 4.54. The zero-order chi connectivity index (χ0) is 11.3. The third-order valence-electron chi connectivity index (χ3n) is 1.97. The molecule has 1 aromatic rings. The van der Waals surface area contributed by atoms with Gasteiger partial charge in [-0.15, -0.1) is 11.3 Å². The molecule has 86 valence electrons. The summed E-state index contributed by atoms with van der Waals surface area (Å²) in [5, 5.41) is 4.35. The zero-order valence-electron chi connectivity index (χ0n) is 9.83. The Morgan fingerprint density at radius 2 is 2.20 bits per heavy atom. The van der Waals surface area contributed by atoms with Crippen molar-refractivity contribution in [1.29, 1.82) is 0 Å². The summed E-state index contributed by atoms with van der Waals surface area (Å²) in [6.07, 6.45) is 0. The number of anilines is 1. The maximum Gasteiger partial charge on any atom is 0.185 e. The Morgan fingerprint density at radius 3 is 2.73 bits per heavy atom. The van der Waals surface area contributed by atoms with Crippen molar-refractivity contribution < 1.29 is 4.74 Å². The van der Waals surface area contributed by atoms with E-state index in [1.165, 1.54) is 4.88 Å². The highest BCUT2D eigenvalue weighted by Gasteiger charge is 2.11. The molecule has 0 unspecified atom stereocenters. The highest BCUT2D eigenvalue weighted by Crippen LogP contribution is 2.25. The number of thiazole rings is 1. The van der Waals surface area contributed by atoms with Crippen LogP contribution in [0.1, 0.15) is 17.5 Å². The number of nitrogens with one attached hydrogen (secondary N) is 1. The molecule has 0 saturated carbocycles. The Morgan fingerprint density at radius 1 is 1.47 bits per heavy atom. The third-order valence-corrected chi connectivity index (χ3v) is 3.23. The molecule has 0 aromatic carbocycles. The van der Waals surface area contributed by atoms with Gasteiger partial charge in [0.15, 0.2) is 5.13 Å². The molecule has 0 atom stereocenters. The lowest BCUT2D eigenvalue weighted by atomic mass is 10.3. The van der Waals surface area contributed by atoms with Gasteiger partial charge in [-0.3, -0.25) is 0 Å². The van der Waals surface area contributed by atoms with Crippen LogP contribution in [0.2, 0.25) is 0 Å². The van der Waals surface area contributed by atoms with Crippen molar-refractivity contribution in [2.45, 2.75) is 20.1 Å². The van der Waals surface area contributed by atoms with Crippen LogP contribution in [-0.2, 0) is 17.9 Å². The van der Waals surface area contributed by atoms with Crippen LogP contribution >= 0.6 is 11.3 Å². The number of aromatic nitrogens is 1. The molecule has 1 N–H and O–H groups in total. The zero-order valence-corrected chi connectivity index (χ0v) is 10.6. The Balaban J connectivity index is 2.79. The lowest BCUT2D eigenvalue weighted by Gasteiger charge is -2.05. The average Bonchev–Trinajstić information content (AvgIpc) is 2.59. The van der Waals surface area contributed by atoms with Crippen molar-refractivity contribution in [3.8, 4) is 0 Å². The fourth-order valence-corrected chi connectivity index (χ4v) is 2.14. The molecule has 0 spiro atoms. The van der Waals surface area contributed by atoms with E-state index in [1.807, 2.05) is 19.0 Å². The molecule has 0 saturated heterocycles. The van der Waals surface area contributed by atoms with Crippen LogP contribution in [0.15, 0.2) is 0 Å². The topological polar surface area (TPSA) is 37.4 Å². The first kappa shape index (κ1) is 12.4. The van der Waals surface area contributed by atoms with Gasteiger partial charge in [0.2, 0.25) is 0 Å². The Hall–Kier alpha value is -0.650. The standard InChI is InChI=1S/C10H19N3OS/c1-5-11-6-9-8(7-14-4)12-10(15-9)13(2)3/h11H,5-7H2,1-4H3. The molecule has 1 rings (SSSR count). The van der Waals surface area contributed by atoms with E-state index < -0.39 is 0 Å². The highest BCUT2D eigenvalue weighted by atomic mass is 32.1. The summed E-state index contributed by atoms with van der Waals surface area (Å²) < 4.78 is 5.14. The SMILES string of the molecule is CCNCc1sc(N(C)C)nc1COC. The van der Waals surface area contributed by atoms with Crippen molar-refractivity contribution in [3.05, 3.63) is 10.6 Å². The summed E-state index contributed by atoms with van der Waals surface area (Å²) in [5.74, 6) is 0. The number of hydrogen-bond acceptors (Lipinski definition) is 5. The minimum Gasteiger partial charge on any atom is -0.378 e. The summed E-state index contributed by atoms with van der Waals surface area (Å²) in [4.78, 5) is 7.82. The van der Waals surface area contributed by atoms with E-state index in [0.29, 0.717) is 6.61 Å². The predicted octanol–water partition coefficient (Wildman–Crippen LogP) is 1.47. The van der Waals surface area contributed by atoms with Crippen LogP contribution in [0.5, 0.6) is 0 Å². The van der Waals surface area contributed by atoms with E-state index in [2.05, 4.69) is 17.2 Å². The fourth-order valence-electron chi connectivity index (χ4n) is 1.19. The fraction of sp³-hybridized carbons (Fsp3) is 0.700. The Bertz CT molecular complexity index is 299. The maximum atomic E-state index is 5.14. The second kappa shape index (κ2) is 6.05. The van der Waals surface area contributed by atoms with Gasteiger partial charge in [0.1, 0.15) is 0 Å². The van der Waals surface area contributed by atoms with Gasteiger partial charge < -0.3 is 15.0 Å². The highest BCUT2D eigenvalue weighted by molar-refractivity contribution is 7.15. The van der Waals surface area contributed by atoms with Crippen molar-refractivity contribution in [1.82, 2.24) is 10.3 Å². The number of ether oxygens (including phenoxy) is 1. The largest absolute Gasteiger partial charge is 0.378 e. The van der Waals surface area contributed by atoms with E-state index in [0.717, 1.165) is 23.9 Å². The number of rotatable bonds is 6. The van der Waals surface area contributed by atoms with Crippen LogP contribution in [0.3, 0.4) is 0 Å². The molecule has 4 nitrogen and oxygen atoms in total.